The molecule has 0 aliphatic rings. The van der Waals surface area contributed by atoms with Crippen LogP contribution in [0, 0.1) is 6.92 Å². The number of benzene rings is 1. The van der Waals surface area contributed by atoms with E-state index in [1.165, 1.54) is 11.6 Å². The van der Waals surface area contributed by atoms with Crippen molar-refractivity contribution in [3.05, 3.63) is 40.2 Å². The lowest BCUT2D eigenvalue weighted by atomic mass is 10.1. The number of nitrogens with zero attached hydrogens (tertiary/aromatic N) is 2. The summed E-state index contributed by atoms with van der Waals surface area (Å²) in [4.78, 5) is 12.0. The van der Waals surface area contributed by atoms with Gasteiger partial charge in [-0.2, -0.15) is 5.10 Å². The Balaban J connectivity index is 1.91. The third kappa shape index (κ3) is 4.63. The lowest BCUT2D eigenvalue weighted by Crippen LogP contribution is -2.30. The second-order valence-corrected chi connectivity index (χ2v) is 5.91. The summed E-state index contributed by atoms with van der Waals surface area (Å²) < 4.78 is 37.1. The molecule has 1 aromatic carbocycles. The molecular weight excluding hydrogens is 368 g/mol. The molecule has 1 heterocycles. The largest absolute Gasteiger partial charge is 0.493 e. The van der Waals surface area contributed by atoms with Crippen LogP contribution in [-0.4, -0.2) is 36.5 Å². The van der Waals surface area contributed by atoms with Crippen LogP contribution in [0.4, 0.5) is 8.78 Å². The molecule has 2 rings (SSSR count). The molecule has 2 aromatic rings. The lowest BCUT2D eigenvalue weighted by molar-refractivity contribution is -0.121. The number of alkyl halides is 2. The maximum absolute atomic E-state index is 12.8. The second-order valence-electron chi connectivity index (χ2n) is 5.53. The summed E-state index contributed by atoms with van der Waals surface area (Å²) in [6.07, 6.45) is -2.21. The summed E-state index contributed by atoms with van der Waals surface area (Å²) >= 11 is 5.81. The molecule has 6 nitrogen and oxygen atoms in total. The molecule has 0 aliphatic carbocycles. The minimum absolute atomic E-state index is 0.113. The van der Waals surface area contributed by atoms with Gasteiger partial charge in [-0.15, -0.1) is 0 Å². The van der Waals surface area contributed by atoms with Crippen molar-refractivity contribution in [2.75, 3.05) is 20.8 Å². The molecule has 9 heteroatoms. The van der Waals surface area contributed by atoms with Crippen LogP contribution in [0.15, 0.2) is 18.2 Å². The first-order valence-electron chi connectivity index (χ1n) is 7.86. The lowest BCUT2D eigenvalue weighted by Gasteiger charge is -2.10. The molecule has 0 unspecified atom stereocenters. The van der Waals surface area contributed by atoms with Gasteiger partial charge in [-0.05, 0) is 31.0 Å². The van der Waals surface area contributed by atoms with Crippen molar-refractivity contribution >= 4 is 17.5 Å². The summed E-state index contributed by atoms with van der Waals surface area (Å²) in [5, 5.41) is 6.32. The zero-order valence-electron chi connectivity index (χ0n) is 14.7. The van der Waals surface area contributed by atoms with Gasteiger partial charge in [0.1, 0.15) is 12.2 Å². The van der Waals surface area contributed by atoms with Crippen molar-refractivity contribution in [3.8, 4) is 11.5 Å². The number of aromatic nitrogens is 2. The average molecular weight is 388 g/mol. The third-order valence-corrected chi connectivity index (χ3v) is 4.31. The predicted octanol–water partition coefficient (Wildman–Crippen LogP) is 3.16. The van der Waals surface area contributed by atoms with Crippen molar-refractivity contribution in [2.45, 2.75) is 26.3 Å². The number of nitrogens with one attached hydrogen (secondary N) is 1. The zero-order valence-corrected chi connectivity index (χ0v) is 15.4. The summed E-state index contributed by atoms with van der Waals surface area (Å²) in [6, 6.07) is 5.49. The number of carbonyl (C=O) groups excluding carboxylic acids is 1. The Hall–Kier alpha value is -2.35. The number of ether oxygens (including phenoxy) is 2. The van der Waals surface area contributed by atoms with Gasteiger partial charge in [-0.25, -0.2) is 8.78 Å². The van der Waals surface area contributed by atoms with Crippen LogP contribution in [0.5, 0.6) is 11.5 Å². The van der Waals surface area contributed by atoms with Crippen LogP contribution < -0.4 is 14.8 Å². The summed E-state index contributed by atoms with van der Waals surface area (Å²) in [7, 11) is 3.11. The van der Waals surface area contributed by atoms with Crippen molar-refractivity contribution in [1.29, 1.82) is 0 Å². The van der Waals surface area contributed by atoms with Gasteiger partial charge < -0.3 is 14.8 Å². The normalized spacial score (nSPS) is 10.9. The molecule has 1 aromatic heterocycles. The Morgan fingerprint density at radius 3 is 2.58 bits per heavy atom. The fraction of sp³-hybridized carbons (Fsp3) is 0.412. The van der Waals surface area contributed by atoms with Gasteiger partial charge in [-0.3, -0.25) is 9.48 Å². The summed E-state index contributed by atoms with van der Waals surface area (Å²) in [5.41, 5.74) is 0.778. The highest BCUT2D eigenvalue weighted by Gasteiger charge is 2.21. The Bertz CT molecular complexity index is 781. The number of halogens is 3. The average Bonchev–Trinajstić information content (AvgIpc) is 2.90. The third-order valence-electron chi connectivity index (χ3n) is 3.84. The van der Waals surface area contributed by atoms with E-state index in [9.17, 15) is 13.6 Å². The first-order chi connectivity index (χ1) is 12.4. The molecule has 0 fully saturated rings. The van der Waals surface area contributed by atoms with Crippen LogP contribution in [0.1, 0.15) is 23.4 Å². The van der Waals surface area contributed by atoms with Gasteiger partial charge in [0.15, 0.2) is 11.5 Å². The minimum atomic E-state index is -2.78. The monoisotopic (exact) mass is 387 g/mol. The van der Waals surface area contributed by atoms with Crippen LogP contribution in [-0.2, 0) is 17.8 Å². The van der Waals surface area contributed by atoms with E-state index in [0.717, 1.165) is 5.56 Å². The SMILES string of the molecule is COc1ccc(CCNC(=O)Cn2nc(C(F)F)c(Cl)c2C)cc1OC. The zero-order chi connectivity index (χ0) is 19.3. The highest BCUT2D eigenvalue weighted by Crippen LogP contribution is 2.29. The minimum Gasteiger partial charge on any atom is -0.493 e. The number of hydrogen-bond donors (Lipinski definition) is 1. The van der Waals surface area contributed by atoms with E-state index in [0.29, 0.717) is 30.2 Å². The fourth-order valence-corrected chi connectivity index (χ4v) is 2.63. The van der Waals surface area contributed by atoms with E-state index >= 15 is 0 Å². The molecular formula is C17H20ClF2N3O3. The van der Waals surface area contributed by atoms with E-state index in [1.54, 1.807) is 20.3 Å². The number of amides is 1. The maximum atomic E-state index is 12.8. The van der Waals surface area contributed by atoms with Crippen LogP contribution >= 0.6 is 11.6 Å². The second kappa shape index (κ2) is 8.84. The van der Waals surface area contributed by atoms with E-state index < -0.39 is 12.1 Å². The molecule has 0 aliphatic heterocycles. The standard InChI is InChI=1S/C17H20ClF2N3O3/c1-10-15(18)16(17(19)20)22-23(10)9-14(24)21-7-6-11-4-5-12(25-2)13(8-11)26-3/h4-5,8,17H,6-7,9H2,1-3H3,(H,21,24). The van der Waals surface area contributed by atoms with E-state index in [2.05, 4.69) is 10.4 Å². The topological polar surface area (TPSA) is 65.4 Å². The molecule has 0 radical (unpaired) electrons. The Kier molecular flexibility index (Phi) is 6.79. The number of carbonyl (C=O) groups is 1. The summed E-state index contributed by atoms with van der Waals surface area (Å²) in [6.45, 7) is 1.74. The first kappa shape index (κ1) is 20.0. The molecule has 0 saturated heterocycles. The van der Waals surface area contributed by atoms with E-state index in [4.69, 9.17) is 21.1 Å². The van der Waals surface area contributed by atoms with Gasteiger partial charge in [0, 0.05) is 6.54 Å². The molecule has 1 amide bonds. The number of hydrogen-bond acceptors (Lipinski definition) is 4. The van der Waals surface area contributed by atoms with Gasteiger partial charge in [0.25, 0.3) is 6.43 Å². The van der Waals surface area contributed by atoms with Gasteiger partial charge >= 0.3 is 0 Å². The van der Waals surface area contributed by atoms with Crippen molar-refractivity contribution in [1.82, 2.24) is 15.1 Å². The van der Waals surface area contributed by atoms with Crippen molar-refractivity contribution < 1.29 is 23.0 Å². The highest BCUT2D eigenvalue weighted by atomic mass is 35.5. The fourth-order valence-electron chi connectivity index (χ4n) is 2.42. The molecule has 26 heavy (non-hydrogen) atoms. The van der Waals surface area contributed by atoms with Crippen LogP contribution in [0.3, 0.4) is 0 Å². The molecule has 0 bridgehead atoms. The van der Waals surface area contributed by atoms with Gasteiger partial charge in [-0.1, -0.05) is 17.7 Å². The Morgan fingerprint density at radius 1 is 1.31 bits per heavy atom. The van der Waals surface area contributed by atoms with Crippen molar-refractivity contribution in [3.63, 3.8) is 0 Å². The first-order valence-corrected chi connectivity index (χ1v) is 8.23. The van der Waals surface area contributed by atoms with E-state index in [1.807, 2.05) is 12.1 Å². The molecule has 142 valence electrons. The maximum Gasteiger partial charge on any atom is 0.283 e. The van der Waals surface area contributed by atoms with E-state index in [-0.39, 0.29) is 17.5 Å². The quantitative estimate of drug-likeness (QED) is 0.755. The molecule has 1 N–H and O–H groups in total. The Morgan fingerprint density at radius 2 is 2.00 bits per heavy atom. The highest BCUT2D eigenvalue weighted by molar-refractivity contribution is 6.31. The number of rotatable bonds is 8. The molecule has 0 atom stereocenters. The predicted molar refractivity (Wildman–Crippen MR) is 93.2 cm³/mol. The summed E-state index contributed by atoms with van der Waals surface area (Å²) in [5.74, 6) is 0.896. The van der Waals surface area contributed by atoms with Gasteiger partial charge in [0.2, 0.25) is 5.91 Å². The van der Waals surface area contributed by atoms with Gasteiger partial charge in [0.05, 0.1) is 24.9 Å². The Labute approximate surface area is 155 Å². The molecule has 0 spiro atoms. The number of methoxy groups -OCH3 is 2. The van der Waals surface area contributed by atoms with Crippen LogP contribution in [0.2, 0.25) is 5.02 Å². The molecule has 0 saturated carbocycles. The van der Waals surface area contributed by atoms with Crippen molar-refractivity contribution in [2.24, 2.45) is 0 Å². The smallest absolute Gasteiger partial charge is 0.283 e. The van der Waals surface area contributed by atoms with Crippen LogP contribution in [0.25, 0.3) is 0 Å².